The molecule has 88 valence electrons. The number of carbonyl (C=O) groups excluding carboxylic acids is 1. The predicted molar refractivity (Wildman–Crippen MR) is 66.4 cm³/mol. The molecule has 17 heavy (non-hydrogen) atoms. The highest BCUT2D eigenvalue weighted by Crippen LogP contribution is 2.19. The third kappa shape index (κ3) is 2.83. The summed E-state index contributed by atoms with van der Waals surface area (Å²) in [5.41, 5.74) is 6.17. The average molecular weight is 229 g/mol. The number of aromatic nitrogens is 1. The van der Waals surface area contributed by atoms with Gasteiger partial charge in [-0.05, 0) is 25.0 Å². The molecule has 4 nitrogen and oxygen atoms in total. The molecule has 1 amide bonds. The minimum Gasteiger partial charge on any atom is -0.320 e. The Morgan fingerprint density at radius 3 is 3.12 bits per heavy atom. The lowest BCUT2D eigenvalue weighted by atomic mass is 10.1. The summed E-state index contributed by atoms with van der Waals surface area (Å²) in [4.78, 5) is 17.7. The summed E-state index contributed by atoms with van der Waals surface area (Å²) in [7, 11) is 0. The maximum absolute atomic E-state index is 11.7. The quantitative estimate of drug-likeness (QED) is 0.728. The Bertz CT molecular complexity index is 473. The van der Waals surface area contributed by atoms with Crippen molar-refractivity contribution in [3.8, 4) is 11.8 Å². The van der Waals surface area contributed by atoms with Gasteiger partial charge in [-0.25, -0.2) is 4.98 Å². The zero-order valence-corrected chi connectivity index (χ0v) is 9.65. The van der Waals surface area contributed by atoms with E-state index in [1.807, 2.05) is 12.1 Å². The van der Waals surface area contributed by atoms with Crippen molar-refractivity contribution in [2.75, 3.05) is 18.0 Å². The molecule has 0 spiro atoms. The predicted octanol–water partition coefficient (Wildman–Crippen LogP) is 0.909. The van der Waals surface area contributed by atoms with E-state index in [0.29, 0.717) is 18.8 Å². The van der Waals surface area contributed by atoms with E-state index in [1.165, 1.54) is 0 Å². The number of carbonyl (C=O) groups is 1. The minimum atomic E-state index is 0.146. The Morgan fingerprint density at radius 1 is 1.47 bits per heavy atom. The van der Waals surface area contributed by atoms with E-state index in [2.05, 4.69) is 16.8 Å². The van der Waals surface area contributed by atoms with Crippen molar-refractivity contribution in [3.63, 3.8) is 0 Å². The number of pyridine rings is 1. The summed E-state index contributed by atoms with van der Waals surface area (Å²) in [5.74, 6) is 6.58. The van der Waals surface area contributed by atoms with Crippen LogP contribution in [0.25, 0.3) is 0 Å². The van der Waals surface area contributed by atoms with Crippen molar-refractivity contribution in [3.05, 3.63) is 23.9 Å². The van der Waals surface area contributed by atoms with Crippen LogP contribution in [0.2, 0.25) is 0 Å². The molecule has 1 aliphatic heterocycles. The summed E-state index contributed by atoms with van der Waals surface area (Å²) in [5, 5.41) is 0. The third-order valence-corrected chi connectivity index (χ3v) is 2.68. The molecule has 0 saturated carbocycles. The maximum atomic E-state index is 11.7. The highest BCUT2D eigenvalue weighted by molar-refractivity contribution is 5.93. The van der Waals surface area contributed by atoms with Crippen molar-refractivity contribution in [2.24, 2.45) is 5.73 Å². The Hall–Kier alpha value is -1.86. The molecular formula is C13H15N3O. The van der Waals surface area contributed by atoms with Gasteiger partial charge in [-0.2, -0.15) is 0 Å². The molecule has 0 unspecified atom stereocenters. The molecule has 0 bridgehead atoms. The molecule has 1 fully saturated rings. The van der Waals surface area contributed by atoms with Gasteiger partial charge in [-0.3, -0.25) is 9.69 Å². The topological polar surface area (TPSA) is 59.2 Å². The Labute approximate surface area is 101 Å². The molecule has 2 rings (SSSR count). The number of nitrogens with zero attached hydrogens (tertiary/aromatic N) is 2. The van der Waals surface area contributed by atoms with Crippen LogP contribution < -0.4 is 10.6 Å². The van der Waals surface area contributed by atoms with Gasteiger partial charge in [-0.15, -0.1) is 0 Å². The Morgan fingerprint density at radius 2 is 2.35 bits per heavy atom. The highest BCUT2D eigenvalue weighted by atomic mass is 16.2. The van der Waals surface area contributed by atoms with E-state index >= 15 is 0 Å². The number of piperidine rings is 1. The number of hydrogen-bond acceptors (Lipinski definition) is 3. The van der Waals surface area contributed by atoms with E-state index in [-0.39, 0.29) is 5.91 Å². The number of nitrogens with two attached hydrogens (primary N) is 1. The Kier molecular flexibility index (Phi) is 3.73. The number of anilines is 1. The highest BCUT2D eigenvalue weighted by Gasteiger charge is 2.20. The summed E-state index contributed by atoms with van der Waals surface area (Å²) in [6.45, 7) is 1.08. The van der Waals surface area contributed by atoms with E-state index in [4.69, 9.17) is 5.73 Å². The fourth-order valence-electron chi connectivity index (χ4n) is 1.84. The molecule has 2 N–H and O–H groups in total. The molecule has 0 aliphatic carbocycles. The second kappa shape index (κ2) is 5.46. The summed E-state index contributed by atoms with van der Waals surface area (Å²) in [6.07, 6.45) is 4.30. The van der Waals surface area contributed by atoms with Gasteiger partial charge < -0.3 is 5.73 Å². The fourth-order valence-corrected chi connectivity index (χ4v) is 1.84. The lowest BCUT2D eigenvalue weighted by Crippen LogP contribution is -2.35. The van der Waals surface area contributed by atoms with E-state index in [1.54, 1.807) is 11.1 Å². The first kappa shape index (κ1) is 11.6. The molecule has 0 radical (unpaired) electrons. The first-order valence-corrected chi connectivity index (χ1v) is 5.76. The van der Waals surface area contributed by atoms with Crippen LogP contribution in [0, 0.1) is 11.8 Å². The van der Waals surface area contributed by atoms with Gasteiger partial charge in [0.1, 0.15) is 5.82 Å². The molecule has 0 aromatic carbocycles. The zero-order chi connectivity index (χ0) is 12.1. The van der Waals surface area contributed by atoms with Crippen LogP contribution in [-0.2, 0) is 4.79 Å². The van der Waals surface area contributed by atoms with Gasteiger partial charge in [0.05, 0.1) is 6.54 Å². The molecule has 1 aliphatic rings. The first-order valence-electron chi connectivity index (χ1n) is 5.76. The molecule has 1 aromatic heterocycles. The van der Waals surface area contributed by atoms with Gasteiger partial charge in [0.15, 0.2) is 0 Å². The minimum absolute atomic E-state index is 0.146. The van der Waals surface area contributed by atoms with Gasteiger partial charge in [-0.1, -0.05) is 11.8 Å². The maximum Gasteiger partial charge on any atom is 0.228 e. The molecule has 0 atom stereocenters. The second-order valence-electron chi connectivity index (χ2n) is 3.91. The monoisotopic (exact) mass is 229 g/mol. The van der Waals surface area contributed by atoms with Gasteiger partial charge in [0.25, 0.3) is 0 Å². The van der Waals surface area contributed by atoms with Gasteiger partial charge in [0.2, 0.25) is 5.91 Å². The van der Waals surface area contributed by atoms with E-state index in [0.717, 1.165) is 24.9 Å². The lowest BCUT2D eigenvalue weighted by molar-refractivity contribution is -0.119. The number of hydrogen-bond donors (Lipinski definition) is 1. The molecule has 2 heterocycles. The van der Waals surface area contributed by atoms with Crippen molar-refractivity contribution in [2.45, 2.75) is 19.3 Å². The fraction of sp³-hybridized carbons (Fsp3) is 0.385. The van der Waals surface area contributed by atoms with Crippen LogP contribution in [0.4, 0.5) is 5.82 Å². The zero-order valence-electron chi connectivity index (χ0n) is 9.65. The van der Waals surface area contributed by atoms with Crippen LogP contribution in [0.1, 0.15) is 24.8 Å². The SMILES string of the molecule is NCC#Cc1ccnc(N2CCCCC2=O)c1. The summed E-state index contributed by atoms with van der Waals surface area (Å²) >= 11 is 0. The van der Waals surface area contributed by atoms with Crippen molar-refractivity contribution in [1.82, 2.24) is 4.98 Å². The smallest absolute Gasteiger partial charge is 0.228 e. The standard InChI is InChI=1S/C13H15N3O/c14-7-3-4-11-6-8-15-12(10-11)16-9-2-1-5-13(16)17/h6,8,10H,1-2,5,7,9,14H2. The molecular weight excluding hydrogens is 214 g/mol. The number of rotatable bonds is 1. The van der Waals surface area contributed by atoms with Crippen LogP contribution in [0.3, 0.4) is 0 Å². The van der Waals surface area contributed by atoms with Gasteiger partial charge in [0, 0.05) is 24.7 Å². The Balaban J connectivity index is 2.23. The van der Waals surface area contributed by atoms with Gasteiger partial charge >= 0.3 is 0 Å². The van der Waals surface area contributed by atoms with Crippen LogP contribution in [0.5, 0.6) is 0 Å². The van der Waals surface area contributed by atoms with E-state index in [9.17, 15) is 4.79 Å². The van der Waals surface area contributed by atoms with Crippen molar-refractivity contribution >= 4 is 11.7 Å². The van der Waals surface area contributed by atoms with Crippen molar-refractivity contribution in [1.29, 1.82) is 0 Å². The lowest BCUT2D eigenvalue weighted by Gasteiger charge is -2.25. The summed E-state index contributed by atoms with van der Waals surface area (Å²) in [6, 6.07) is 3.66. The van der Waals surface area contributed by atoms with Crippen molar-refractivity contribution < 1.29 is 4.79 Å². The first-order chi connectivity index (χ1) is 8.31. The number of amides is 1. The summed E-state index contributed by atoms with van der Waals surface area (Å²) < 4.78 is 0. The van der Waals surface area contributed by atoms with Crippen LogP contribution in [0.15, 0.2) is 18.3 Å². The van der Waals surface area contributed by atoms with Crippen LogP contribution in [-0.4, -0.2) is 24.0 Å². The van der Waals surface area contributed by atoms with Crippen LogP contribution >= 0.6 is 0 Å². The normalized spacial score (nSPS) is 15.4. The third-order valence-electron chi connectivity index (χ3n) is 2.68. The largest absolute Gasteiger partial charge is 0.320 e. The molecule has 1 saturated heterocycles. The van der Waals surface area contributed by atoms with E-state index < -0.39 is 0 Å². The average Bonchev–Trinajstić information content (AvgIpc) is 2.37. The second-order valence-corrected chi connectivity index (χ2v) is 3.91. The molecule has 4 heteroatoms. The molecule has 1 aromatic rings.